The number of rotatable bonds is 6. The molecular formula is C15H22N2O2S. The summed E-state index contributed by atoms with van der Waals surface area (Å²) in [5.41, 5.74) is 0.924. The van der Waals surface area contributed by atoms with Crippen molar-refractivity contribution in [2.24, 2.45) is 0 Å². The molecule has 1 aliphatic heterocycles. The van der Waals surface area contributed by atoms with Crippen molar-refractivity contribution in [1.82, 2.24) is 10.6 Å². The molecule has 1 aromatic rings. The summed E-state index contributed by atoms with van der Waals surface area (Å²) in [6.45, 7) is 5.74. The van der Waals surface area contributed by atoms with Gasteiger partial charge >= 0.3 is 0 Å². The van der Waals surface area contributed by atoms with E-state index < -0.39 is 0 Å². The lowest BCUT2D eigenvalue weighted by atomic mass is 10.0. The van der Waals surface area contributed by atoms with E-state index in [4.69, 9.17) is 4.74 Å². The zero-order valence-electron chi connectivity index (χ0n) is 12.2. The maximum atomic E-state index is 11.9. The van der Waals surface area contributed by atoms with E-state index in [2.05, 4.69) is 34.9 Å². The van der Waals surface area contributed by atoms with Gasteiger partial charge in [0.2, 0.25) is 5.91 Å². The number of amides is 1. The number of carbonyl (C=O) groups excluding carboxylic acids is 1. The fourth-order valence-corrected chi connectivity index (χ4v) is 2.49. The number of hydrogen-bond acceptors (Lipinski definition) is 4. The van der Waals surface area contributed by atoms with Crippen LogP contribution in [-0.2, 0) is 9.53 Å². The average molecular weight is 294 g/mol. The van der Waals surface area contributed by atoms with Crippen LogP contribution in [0.2, 0.25) is 0 Å². The Bertz CT molecular complexity index is 457. The predicted octanol–water partition coefficient (Wildman–Crippen LogP) is 1.96. The molecule has 1 heterocycles. The molecule has 1 aliphatic rings. The van der Waals surface area contributed by atoms with Gasteiger partial charge in [-0.3, -0.25) is 4.79 Å². The molecule has 2 rings (SSSR count). The second kappa shape index (κ2) is 6.61. The van der Waals surface area contributed by atoms with Crippen LogP contribution in [0.4, 0.5) is 0 Å². The zero-order valence-corrected chi connectivity index (χ0v) is 13.0. The predicted molar refractivity (Wildman–Crippen MR) is 82.0 cm³/mol. The van der Waals surface area contributed by atoms with Crippen molar-refractivity contribution in [3.63, 3.8) is 0 Å². The Morgan fingerprint density at radius 2 is 2.10 bits per heavy atom. The Morgan fingerprint density at radius 3 is 2.60 bits per heavy atom. The summed E-state index contributed by atoms with van der Waals surface area (Å²) in [5.74, 6) is -0.0698. The van der Waals surface area contributed by atoms with E-state index in [1.807, 2.05) is 20.1 Å². The molecule has 0 radical (unpaired) electrons. The van der Waals surface area contributed by atoms with Gasteiger partial charge in [-0.05, 0) is 37.8 Å². The van der Waals surface area contributed by atoms with Crippen molar-refractivity contribution in [1.29, 1.82) is 0 Å². The molecule has 1 amide bonds. The van der Waals surface area contributed by atoms with Gasteiger partial charge in [-0.1, -0.05) is 12.1 Å². The van der Waals surface area contributed by atoms with Crippen molar-refractivity contribution in [2.75, 3.05) is 26.0 Å². The van der Waals surface area contributed by atoms with Gasteiger partial charge in [0.15, 0.2) is 0 Å². The van der Waals surface area contributed by atoms with Gasteiger partial charge in [0, 0.05) is 18.0 Å². The monoisotopic (exact) mass is 294 g/mol. The van der Waals surface area contributed by atoms with E-state index in [-0.39, 0.29) is 24.2 Å². The first-order chi connectivity index (χ1) is 9.52. The van der Waals surface area contributed by atoms with Gasteiger partial charge in [-0.15, -0.1) is 11.8 Å². The minimum Gasteiger partial charge on any atom is -0.363 e. The molecule has 1 aromatic carbocycles. The molecule has 0 aromatic heterocycles. The van der Waals surface area contributed by atoms with E-state index in [0.717, 1.165) is 18.7 Å². The van der Waals surface area contributed by atoms with Crippen LogP contribution < -0.4 is 10.6 Å². The van der Waals surface area contributed by atoms with E-state index in [1.165, 1.54) is 4.90 Å². The molecule has 0 spiro atoms. The smallest absolute Gasteiger partial charge is 0.246 e. The van der Waals surface area contributed by atoms with Crippen molar-refractivity contribution >= 4 is 17.7 Å². The van der Waals surface area contributed by atoms with Gasteiger partial charge in [0.05, 0.1) is 11.6 Å². The van der Waals surface area contributed by atoms with Crippen LogP contribution >= 0.6 is 11.8 Å². The van der Waals surface area contributed by atoms with E-state index >= 15 is 0 Å². The Balaban J connectivity index is 1.80. The van der Waals surface area contributed by atoms with Gasteiger partial charge in [0.1, 0.15) is 6.61 Å². The van der Waals surface area contributed by atoms with Crippen LogP contribution in [0.1, 0.15) is 25.5 Å². The van der Waals surface area contributed by atoms with Crippen molar-refractivity contribution in [2.45, 2.75) is 30.4 Å². The molecule has 1 unspecified atom stereocenters. The van der Waals surface area contributed by atoms with Crippen LogP contribution in [0, 0.1) is 0 Å². The SMILES string of the molecule is CSc1ccc(C(C)NC(=O)COC2(C)CNC2)cc1. The van der Waals surface area contributed by atoms with Gasteiger partial charge in [-0.25, -0.2) is 0 Å². The Morgan fingerprint density at radius 1 is 1.45 bits per heavy atom. The largest absolute Gasteiger partial charge is 0.363 e. The molecule has 0 bridgehead atoms. The first kappa shape index (κ1) is 15.4. The number of nitrogens with one attached hydrogen (secondary N) is 2. The lowest BCUT2D eigenvalue weighted by Crippen LogP contribution is -2.59. The number of ether oxygens (including phenoxy) is 1. The minimum absolute atomic E-state index is 0.00525. The van der Waals surface area contributed by atoms with Crippen molar-refractivity contribution < 1.29 is 9.53 Å². The normalized spacial score (nSPS) is 18.1. The Kier molecular flexibility index (Phi) is 5.07. The van der Waals surface area contributed by atoms with E-state index in [9.17, 15) is 4.79 Å². The number of hydrogen-bond donors (Lipinski definition) is 2. The standard InChI is InChI=1S/C15H22N2O2S/c1-11(12-4-6-13(20-3)7-5-12)17-14(18)8-19-15(2)9-16-10-15/h4-7,11,16H,8-10H2,1-3H3,(H,17,18). The quantitative estimate of drug-likeness (QED) is 0.788. The maximum Gasteiger partial charge on any atom is 0.246 e. The summed E-state index contributed by atoms with van der Waals surface area (Å²) in [5, 5.41) is 6.11. The Labute approximate surface area is 124 Å². The second-order valence-corrected chi connectivity index (χ2v) is 6.28. The molecule has 1 atom stereocenters. The highest BCUT2D eigenvalue weighted by molar-refractivity contribution is 7.98. The Hall–Kier alpha value is -1.04. The van der Waals surface area contributed by atoms with Gasteiger partial charge in [-0.2, -0.15) is 0 Å². The third kappa shape index (κ3) is 3.98. The van der Waals surface area contributed by atoms with Crippen molar-refractivity contribution in [3.8, 4) is 0 Å². The average Bonchev–Trinajstić information content (AvgIpc) is 2.43. The summed E-state index contributed by atoms with van der Waals surface area (Å²) >= 11 is 1.71. The molecule has 5 heteroatoms. The van der Waals surface area contributed by atoms with E-state index in [0.29, 0.717) is 0 Å². The first-order valence-corrected chi connectivity index (χ1v) is 8.03. The molecule has 20 heavy (non-hydrogen) atoms. The minimum atomic E-state index is -0.180. The van der Waals surface area contributed by atoms with Gasteiger partial charge < -0.3 is 15.4 Å². The van der Waals surface area contributed by atoms with Crippen LogP contribution in [0.5, 0.6) is 0 Å². The summed E-state index contributed by atoms with van der Waals surface area (Å²) in [7, 11) is 0. The highest BCUT2D eigenvalue weighted by Crippen LogP contribution is 2.19. The van der Waals surface area contributed by atoms with Gasteiger partial charge in [0.25, 0.3) is 0 Å². The summed E-state index contributed by atoms with van der Waals surface area (Å²) in [6, 6.07) is 8.23. The molecule has 0 saturated carbocycles. The third-order valence-electron chi connectivity index (χ3n) is 3.54. The topological polar surface area (TPSA) is 50.4 Å². The molecule has 110 valence electrons. The molecule has 4 nitrogen and oxygen atoms in total. The van der Waals surface area contributed by atoms with Crippen LogP contribution in [0.3, 0.4) is 0 Å². The van der Waals surface area contributed by atoms with Crippen LogP contribution in [0.15, 0.2) is 29.2 Å². The third-order valence-corrected chi connectivity index (χ3v) is 4.29. The first-order valence-electron chi connectivity index (χ1n) is 6.80. The summed E-state index contributed by atoms with van der Waals surface area (Å²) < 4.78 is 5.62. The molecule has 1 fully saturated rings. The summed E-state index contributed by atoms with van der Waals surface area (Å²) in [4.78, 5) is 13.1. The van der Waals surface area contributed by atoms with E-state index in [1.54, 1.807) is 11.8 Å². The van der Waals surface area contributed by atoms with Crippen LogP contribution in [-0.4, -0.2) is 37.5 Å². The fourth-order valence-electron chi connectivity index (χ4n) is 2.08. The van der Waals surface area contributed by atoms with Crippen molar-refractivity contribution in [3.05, 3.63) is 29.8 Å². The number of carbonyl (C=O) groups is 1. The van der Waals surface area contributed by atoms with Crippen LogP contribution in [0.25, 0.3) is 0 Å². The summed E-state index contributed by atoms with van der Waals surface area (Å²) in [6.07, 6.45) is 2.05. The second-order valence-electron chi connectivity index (χ2n) is 5.40. The molecule has 1 saturated heterocycles. The lowest BCUT2D eigenvalue weighted by molar-refractivity contribution is -0.136. The molecule has 0 aliphatic carbocycles. The fraction of sp³-hybridized carbons (Fsp3) is 0.533. The number of thioether (sulfide) groups is 1. The molecular weight excluding hydrogens is 272 g/mol. The highest BCUT2D eigenvalue weighted by atomic mass is 32.2. The highest BCUT2D eigenvalue weighted by Gasteiger charge is 2.33. The zero-order chi connectivity index (χ0) is 14.6. The number of benzene rings is 1. The molecule has 2 N–H and O–H groups in total. The maximum absolute atomic E-state index is 11.9. The lowest BCUT2D eigenvalue weighted by Gasteiger charge is -2.38.